The molecule has 1 heterocycles. The van der Waals surface area contributed by atoms with E-state index in [9.17, 15) is 5.11 Å². The second-order valence-electron chi connectivity index (χ2n) is 5.07. The van der Waals surface area contributed by atoms with Gasteiger partial charge in [0.15, 0.2) is 0 Å². The highest BCUT2D eigenvalue weighted by molar-refractivity contribution is 5.17. The second-order valence-corrected chi connectivity index (χ2v) is 5.07. The lowest BCUT2D eigenvalue weighted by Crippen LogP contribution is -2.30. The third-order valence-electron chi connectivity index (χ3n) is 3.67. The average Bonchev–Trinajstić information content (AvgIpc) is 2.61. The van der Waals surface area contributed by atoms with Crippen LogP contribution in [0.1, 0.15) is 44.2 Å². The van der Waals surface area contributed by atoms with Gasteiger partial charge in [-0.2, -0.15) is 0 Å². The molecule has 0 spiro atoms. The molecule has 17 heavy (non-hydrogen) atoms. The quantitative estimate of drug-likeness (QED) is 0.817. The van der Waals surface area contributed by atoms with E-state index in [-0.39, 0.29) is 5.75 Å². The SMILES string of the molecule is CN(Cc1ccc(O)cn1)C1CCCCCC1. The van der Waals surface area contributed by atoms with Crippen LogP contribution in [-0.2, 0) is 6.54 Å². The maximum atomic E-state index is 9.20. The van der Waals surface area contributed by atoms with Crippen LogP contribution in [0.4, 0.5) is 0 Å². The third kappa shape index (κ3) is 3.70. The fraction of sp³-hybridized carbons (Fsp3) is 0.643. The van der Waals surface area contributed by atoms with E-state index in [1.54, 1.807) is 6.07 Å². The van der Waals surface area contributed by atoms with Crippen molar-refractivity contribution in [1.29, 1.82) is 0 Å². The predicted molar refractivity (Wildman–Crippen MR) is 68.9 cm³/mol. The van der Waals surface area contributed by atoms with E-state index in [1.165, 1.54) is 44.7 Å². The second kappa shape index (κ2) is 6.01. The predicted octanol–water partition coefficient (Wildman–Crippen LogP) is 2.94. The summed E-state index contributed by atoms with van der Waals surface area (Å²) in [5.74, 6) is 0.242. The smallest absolute Gasteiger partial charge is 0.133 e. The minimum absolute atomic E-state index is 0.242. The lowest BCUT2D eigenvalue weighted by atomic mass is 10.1. The van der Waals surface area contributed by atoms with Gasteiger partial charge in [-0.1, -0.05) is 25.7 Å². The van der Waals surface area contributed by atoms with Gasteiger partial charge in [0.05, 0.1) is 11.9 Å². The van der Waals surface area contributed by atoms with E-state index in [0.29, 0.717) is 6.04 Å². The molecule has 1 fully saturated rings. The van der Waals surface area contributed by atoms with Crippen molar-refractivity contribution in [3.05, 3.63) is 24.0 Å². The highest BCUT2D eigenvalue weighted by atomic mass is 16.3. The van der Waals surface area contributed by atoms with Crippen LogP contribution < -0.4 is 0 Å². The molecule has 3 nitrogen and oxygen atoms in total. The van der Waals surface area contributed by atoms with Crippen molar-refractivity contribution in [2.45, 2.75) is 51.1 Å². The first-order valence-corrected chi connectivity index (χ1v) is 6.60. The zero-order chi connectivity index (χ0) is 12.1. The van der Waals surface area contributed by atoms with E-state index in [1.807, 2.05) is 6.07 Å². The lowest BCUT2D eigenvalue weighted by molar-refractivity contribution is 0.210. The fourth-order valence-corrected chi connectivity index (χ4v) is 2.59. The molecule has 94 valence electrons. The summed E-state index contributed by atoms with van der Waals surface area (Å²) < 4.78 is 0. The number of aromatic nitrogens is 1. The molecule has 0 aromatic carbocycles. The molecule has 1 aromatic heterocycles. The van der Waals surface area contributed by atoms with Crippen molar-refractivity contribution in [3.8, 4) is 5.75 Å². The van der Waals surface area contributed by atoms with Gasteiger partial charge >= 0.3 is 0 Å². The van der Waals surface area contributed by atoms with Gasteiger partial charge in [0.25, 0.3) is 0 Å². The Bertz CT molecular complexity index is 329. The molecule has 1 aliphatic rings. The van der Waals surface area contributed by atoms with Crippen LogP contribution >= 0.6 is 0 Å². The third-order valence-corrected chi connectivity index (χ3v) is 3.67. The summed E-state index contributed by atoms with van der Waals surface area (Å²) in [6.07, 6.45) is 9.65. The topological polar surface area (TPSA) is 36.4 Å². The van der Waals surface area contributed by atoms with Gasteiger partial charge in [-0.15, -0.1) is 0 Å². The van der Waals surface area contributed by atoms with Crippen LogP contribution in [0, 0.1) is 0 Å². The first kappa shape index (κ1) is 12.4. The molecule has 0 amide bonds. The monoisotopic (exact) mass is 234 g/mol. The van der Waals surface area contributed by atoms with Crippen LogP contribution in [0.3, 0.4) is 0 Å². The van der Waals surface area contributed by atoms with Gasteiger partial charge < -0.3 is 5.11 Å². The van der Waals surface area contributed by atoms with E-state index >= 15 is 0 Å². The Kier molecular flexibility index (Phi) is 4.37. The van der Waals surface area contributed by atoms with Crippen molar-refractivity contribution >= 4 is 0 Å². The molecule has 0 aliphatic heterocycles. The Morgan fingerprint density at radius 3 is 2.53 bits per heavy atom. The minimum atomic E-state index is 0.242. The number of hydrogen-bond acceptors (Lipinski definition) is 3. The molecule has 1 aromatic rings. The summed E-state index contributed by atoms with van der Waals surface area (Å²) in [6.45, 7) is 0.880. The van der Waals surface area contributed by atoms with Crippen molar-refractivity contribution in [3.63, 3.8) is 0 Å². The molecule has 1 aliphatic carbocycles. The number of rotatable bonds is 3. The highest BCUT2D eigenvalue weighted by Crippen LogP contribution is 2.22. The lowest BCUT2D eigenvalue weighted by Gasteiger charge is -2.26. The zero-order valence-electron chi connectivity index (χ0n) is 10.6. The molecule has 0 atom stereocenters. The van der Waals surface area contributed by atoms with Crippen LogP contribution in [0.2, 0.25) is 0 Å². The molecule has 3 heteroatoms. The molecule has 0 unspecified atom stereocenters. The van der Waals surface area contributed by atoms with Crippen molar-refractivity contribution < 1.29 is 5.11 Å². The van der Waals surface area contributed by atoms with Gasteiger partial charge in [-0.05, 0) is 32.0 Å². The van der Waals surface area contributed by atoms with Gasteiger partial charge in [0.1, 0.15) is 5.75 Å². The Balaban J connectivity index is 1.90. The normalized spacial score (nSPS) is 18.2. The molecule has 1 saturated carbocycles. The molecule has 0 saturated heterocycles. The molecule has 0 radical (unpaired) electrons. The van der Waals surface area contributed by atoms with Gasteiger partial charge in [-0.25, -0.2) is 0 Å². The van der Waals surface area contributed by atoms with Crippen LogP contribution in [0.5, 0.6) is 5.75 Å². The standard InChI is InChI=1S/C14H22N2O/c1-16(13-6-4-2-3-5-7-13)11-12-8-9-14(17)10-15-12/h8-10,13,17H,2-7,11H2,1H3. The first-order chi connectivity index (χ1) is 8.25. The molecular formula is C14H22N2O. The molecular weight excluding hydrogens is 212 g/mol. The Morgan fingerprint density at radius 2 is 1.94 bits per heavy atom. The summed E-state index contributed by atoms with van der Waals surface area (Å²) in [5, 5.41) is 9.20. The van der Waals surface area contributed by atoms with Crippen molar-refractivity contribution in [2.24, 2.45) is 0 Å². The summed E-state index contributed by atoms with van der Waals surface area (Å²) in [4.78, 5) is 6.65. The van der Waals surface area contributed by atoms with Gasteiger partial charge in [0.2, 0.25) is 0 Å². The highest BCUT2D eigenvalue weighted by Gasteiger charge is 2.17. The van der Waals surface area contributed by atoms with Crippen LogP contribution in [0.25, 0.3) is 0 Å². The summed E-state index contributed by atoms with van der Waals surface area (Å²) in [7, 11) is 2.19. The fourth-order valence-electron chi connectivity index (χ4n) is 2.59. The first-order valence-electron chi connectivity index (χ1n) is 6.60. The van der Waals surface area contributed by atoms with E-state index in [4.69, 9.17) is 0 Å². The summed E-state index contributed by atoms with van der Waals surface area (Å²) in [5.41, 5.74) is 1.04. The Hall–Kier alpha value is -1.09. The van der Waals surface area contributed by atoms with E-state index in [0.717, 1.165) is 12.2 Å². The number of hydrogen-bond donors (Lipinski definition) is 1. The summed E-state index contributed by atoms with van der Waals surface area (Å²) >= 11 is 0. The maximum absolute atomic E-state index is 9.20. The number of aromatic hydroxyl groups is 1. The van der Waals surface area contributed by atoms with Crippen LogP contribution in [0.15, 0.2) is 18.3 Å². The molecule has 1 N–H and O–H groups in total. The minimum Gasteiger partial charge on any atom is -0.506 e. The summed E-state index contributed by atoms with van der Waals surface area (Å²) in [6, 6.07) is 4.32. The Morgan fingerprint density at radius 1 is 1.24 bits per heavy atom. The van der Waals surface area contributed by atoms with Crippen LogP contribution in [-0.4, -0.2) is 28.1 Å². The number of nitrogens with zero attached hydrogens (tertiary/aromatic N) is 2. The zero-order valence-corrected chi connectivity index (χ0v) is 10.6. The van der Waals surface area contributed by atoms with Gasteiger partial charge in [0, 0.05) is 12.6 Å². The molecule has 0 bridgehead atoms. The largest absolute Gasteiger partial charge is 0.506 e. The van der Waals surface area contributed by atoms with Crippen molar-refractivity contribution in [2.75, 3.05) is 7.05 Å². The van der Waals surface area contributed by atoms with E-state index in [2.05, 4.69) is 16.9 Å². The Labute approximate surface area is 103 Å². The average molecular weight is 234 g/mol. The maximum Gasteiger partial charge on any atom is 0.133 e. The molecule has 2 rings (SSSR count). The van der Waals surface area contributed by atoms with E-state index < -0.39 is 0 Å². The van der Waals surface area contributed by atoms with Gasteiger partial charge in [-0.3, -0.25) is 9.88 Å². The number of pyridine rings is 1. The van der Waals surface area contributed by atoms with Crippen molar-refractivity contribution in [1.82, 2.24) is 9.88 Å².